The van der Waals surface area contributed by atoms with E-state index in [1.165, 1.54) is 6.07 Å². The molecule has 1 heterocycles. The van der Waals surface area contributed by atoms with Crippen molar-refractivity contribution in [2.45, 2.75) is 6.92 Å². The minimum atomic E-state index is -1.57. The van der Waals surface area contributed by atoms with Gasteiger partial charge in [-0.2, -0.15) is 5.26 Å². The zero-order chi connectivity index (χ0) is 18.7. The van der Waals surface area contributed by atoms with Crippen molar-refractivity contribution in [2.75, 3.05) is 10.6 Å². The van der Waals surface area contributed by atoms with Crippen LogP contribution in [0.1, 0.15) is 11.4 Å². The monoisotopic (exact) mass is 355 g/mol. The number of benzene rings is 2. The molecule has 130 valence electrons. The maximum absolute atomic E-state index is 13.8. The summed E-state index contributed by atoms with van der Waals surface area (Å²) in [5.74, 6) is -3.30. The number of halogens is 3. The molecule has 0 saturated carbocycles. The number of para-hydroxylation sites is 1. The summed E-state index contributed by atoms with van der Waals surface area (Å²) in [5, 5.41) is 14.7. The van der Waals surface area contributed by atoms with Gasteiger partial charge in [-0.3, -0.25) is 0 Å². The lowest BCUT2D eigenvalue weighted by Crippen LogP contribution is -2.04. The van der Waals surface area contributed by atoms with E-state index in [9.17, 15) is 13.2 Å². The Morgan fingerprint density at radius 2 is 1.54 bits per heavy atom. The predicted molar refractivity (Wildman–Crippen MR) is 90.8 cm³/mol. The predicted octanol–water partition coefficient (Wildman–Crippen LogP) is 4.56. The van der Waals surface area contributed by atoms with Crippen LogP contribution >= 0.6 is 0 Å². The number of nitrogens with zero attached hydrogens (tertiary/aromatic N) is 3. The minimum Gasteiger partial charge on any atom is -0.339 e. The number of hydrogen-bond acceptors (Lipinski definition) is 5. The first kappa shape index (κ1) is 17.2. The first-order chi connectivity index (χ1) is 12.5. The molecule has 0 unspecified atom stereocenters. The van der Waals surface area contributed by atoms with Crippen molar-refractivity contribution in [3.8, 4) is 6.07 Å². The van der Waals surface area contributed by atoms with Crippen LogP contribution in [0.2, 0.25) is 0 Å². The highest BCUT2D eigenvalue weighted by atomic mass is 19.2. The first-order valence-corrected chi connectivity index (χ1v) is 7.50. The van der Waals surface area contributed by atoms with Gasteiger partial charge < -0.3 is 10.6 Å². The summed E-state index contributed by atoms with van der Waals surface area (Å²) in [4.78, 5) is 8.30. The van der Waals surface area contributed by atoms with Crippen molar-refractivity contribution in [3.05, 3.63) is 71.3 Å². The fourth-order valence-electron chi connectivity index (χ4n) is 2.28. The SMILES string of the molecule is Cc1nc(Nc2ccccc2C#N)cc(Nc2ccc(F)c(F)c2F)n1. The van der Waals surface area contributed by atoms with Crippen molar-refractivity contribution >= 4 is 23.0 Å². The van der Waals surface area contributed by atoms with E-state index in [1.807, 2.05) is 0 Å². The molecule has 0 spiro atoms. The fraction of sp³-hybridized carbons (Fsp3) is 0.0556. The Bertz CT molecular complexity index is 1010. The van der Waals surface area contributed by atoms with Crippen molar-refractivity contribution < 1.29 is 13.2 Å². The van der Waals surface area contributed by atoms with Gasteiger partial charge in [0.2, 0.25) is 0 Å². The van der Waals surface area contributed by atoms with E-state index in [0.29, 0.717) is 22.9 Å². The van der Waals surface area contributed by atoms with E-state index in [1.54, 1.807) is 31.2 Å². The maximum atomic E-state index is 13.8. The van der Waals surface area contributed by atoms with Gasteiger partial charge in [-0.15, -0.1) is 0 Å². The lowest BCUT2D eigenvalue weighted by molar-refractivity contribution is 0.449. The van der Waals surface area contributed by atoms with Crippen LogP contribution in [-0.2, 0) is 0 Å². The highest BCUT2D eigenvalue weighted by Crippen LogP contribution is 2.25. The fourth-order valence-corrected chi connectivity index (χ4v) is 2.28. The summed E-state index contributed by atoms with van der Waals surface area (Å²) in [7, 11) is 0. The van der Waals surface area contributed by atoms with E-state index in [0.717, 1.165) is 12.1 Å². The molecular formula is C18H12F3N5. The summed E-state index contributed by atoms with van der Waals surface area (Å²) in [6.07, 6.45) is 0. The third-order valence-corrected chi connectivity index (χ3v) is 3.45. The van der Waals surface area contributed by atoms with Gasteiger partial charge in [0.1, 0.15) is 23.5 Å². The summed E-state index contributed by atoms with van der Waals surface area (Å²) in [6.45, 7) is 1.62. The van der Waals surface area contributed by atoms with E-state index in [2.05, 4.69) is 26.7 Å². The number of rotatable bonds is 4. The molecule has 0 atom stereocenters. The van der Waals surface area contributed by atoms with Crippen LogP contribution in [0, 0.1) is 35.7 Å². The van der Waals surface area contributed by atoms with Gasteiger partial charge in [-0.05, 0) is 31.2 Å². The molecule has 1 aromatic heterocycles. The highest BCUT2D eigenvalue weighted by molar-refractivity contribution is 5.67. The van der Waals surface area contributed by atoms with E-state index >= 15 is 0 Å². The molecule has 0 radical (unpaired) electrons. The lowest BCUT2D eigenvalue weighted by Gasteiger charge is -2.12. The Labute approximate surface area is 147 Å². The minimum absolute atomic E-state index is 0.180. The van der Waals surface area contributed by atoms with Crippen molar-refractivity contribution in [1.82, 2.24) is 9.97 Å². The largest absolute Gasteiger partial charge is 0.339 e. The average Bonchev–Trinajstić information content (AvgIpc) is 2.62. The maximum Gasteiger partial charge on any atom is 0.196 e. The molecule has 0 aliphatic carbocycles. The Morgan fingerprint density at radius 1 is 0.885 bits per heavy atom. The number of anilines is 4. The van der Waals surface area contributed by atoms with E-state index < -0.39 is 17.5 Å². The van der Waals surface area contributed by atoms with Gasteiger partial charge in [0.05, 0.1) is 16.9 Å². The molecule has 3 aromatic rings. The zero-order valence-electron chi connectivity index (χ0n) is 13.5. The van der Waals surface area contributed by atoms with E-state index in [4.69, 9.17) is 5.26 Å². The summed E-state index contributed by atoms with van der Waals surface area (Å²) < 4.78 is 40.2. The van der Waals surface area contributed by atoms with E-state index in [-0.39, 0.29) is 11.5 Å². The van der Waals surface area contributed by atoms with Crippen LogP contribution in [0.4, 0.5) is 36.2 Å². The Morgan fingerprint density at radius 3 is 2.23 bits per heavy atom. The number of nitrogens with one attached hydrogen (secondary N) is 2. The van der Waals surface area contributed by atoms with Crippen molar-refractivity contribution in [1.29, 1.82) is 5.26 Å². The molecule has 0 saturated heterocycles. The molecule has 0 aliphatic rings. The molecule has 0 bridgehead atoms. The summed E-state index contributed by atoms with van der Waals surface area (Å²) in [5.41, 5.74) is 0.702. The van der Waals surface area contributed by atoms with Crippen LogP contribution in [0.25, 0.3) is 0 Å². The number of aryl methyl sites for hydroxylation is 1. The number of nitriles is 1. The van der Waals surface area contributed by atoms with Crippen LogP contribution in [-0.4, -0.2) is 9.97 Å². The van der Waals surface area contributed by atoms with Crippen LogP contribution in [0.3, 0.4) is 0 Å². The van der Waals surface area contributed by atoms with Crippen molar-refractivity contribution in [3.63, 3.8) is 0 Å². The standard InChI is InChI=1S/C18H12F3N5/c1-10-23-15(25-13-5-3-2-4-11(13)9-22)8-16(24-10)26-14-7-6-12(19)17(20)18(14)21/h2-8H,1H3,(H2,23,24,25,26). The molecule has 8 heteroatoms. The molecule has 26 heavy (non-hydrogen) atoms. The summed E-state index contributed by atoms with van der Waals surface area (Å²) >= 11 is 0. The Hall–Kier alpha value is -3.60. The van der Waals surface area contributed by atoms with Crippen LogP contribution in [0.15, 0.2) is 42.5 Å². The second kappa shape index (κ2) is 7.11. The first-order valence-electron chi connectivity index (χ1n) is 7.50. The topological polar surface area (TPSA) is 73.6 Å². The van der Waals surface area contributed by atoms with Crippen molar-refractivity contribution in [2.24, 2.45) is 0 Å². The molecule has 0 fully saturated rings. The third-order valence-electron chi connectivity index (χ3n) is 3.45. The molecule has 3 rings (SSSR count). The zero-order valence-corrected chi connectivity index (χ0v) is 13.5. The summed E-state index contributed by atoms with van der Waals surface area (Å²) in [6, 6.07) is 12.2. The molecule has 0 amide bonds. The highest BCUT2D eigenvalue weighted by Gasteiger charge is 2.14. The molecule has 0 aliphatic heterocycles. The normalized spacial score (nSPS) is 10.3. The van der Waals surface area contributed by atoms with Crippen LogP contribution in [0.5, 0.6) is 0 Å². The third kappa shape index (κ3) is 3.57. The van der Waals surface area contributed by atoms with Gasteiger partial charge in [-0.25, -0.2) is 23.1 Å². The molecule has 2 N–H and O–H groups in total. The second-order valence-corrected chi connectivity index (χ2v) is 5.32. The smallest absolute Gasteiger partial charge is 0.196 e. The van der Waals surface area contributed by atoms with Crippen LogP contribution < -0.4 is 10.6 Å². The second-order valence-electron chi connectivity index (χ2n) is 5.32. The average molecular weight is 355 g/mol. The van der Waals surface area contributed by atoms with Gasteiger partial charge in [0, 0.05) is 6.07 Å². The molecule has 5 nitrogen and oxygen atoms in total. The Balaban J connectivity index is 1.91. The lowest BCUT2D eigenvalue weighted by atomic mass is 10.2. The molecular weight excluding hydrogens is 343 g/mol. The molecule has 2 aromatic carbocycles. The quantitative estimate of drug-likeness (QED) is 0.671. The Kier molecular flexibility index (Phi) is 4.71. The van der Waals surface area contributed by atoms with Gasteiger partial charge in [-0.1, -0.05) is 12.1 Å². The van der Waals surface area contributed by atoms with Gasteiger partial charge >= 0.3 is 0 Å². The number of aromatic nitrogens is 2. The van der Waals surface area contributed by atoms with Gasteiger partial charge in [0.25, 0.3) is 0 Å². The number of hydrogen-bond donors (Lipinski definition) is 2. The van der Waals surface area contributed by atoms with Gasteiger partial charge in [0.15, 0.2) is 17.5 Å².